The molecule has 4 rings (SSSR count). The van der Waals surface area contributed by atoms with Gasteiger partial charge in [0.2, 0.25) is 5.88 Å². The third-order valence-electron chi connectivity index (χ3n) is 5.66. The number of thiophene rings is 1. The number of hydrogen-bond donors (Lipinski definition) is 3. The monoisotopic (exact) mass is 530 g/mol. The Bertz CT molecular complexity index is 1550. The van der Waals surface area contributed by atoms with Crippen molar-refractivity contribution >= 4 is 28.1 Å². The number of fused-ring (bicyclic) bond motifs is 1. The van der Waals surface area contributed by atoms with Gasteiger partial charge in [0.25, 0.3) is 11.5 Å². The Morgan fingerprint density at radius 3 is 2.62 bits per heavy atom. The number of H-pyrrole nitrogens is 1. The fourth-order valence-corrected chi connectivity index (χ4v) is 5.11. The van der Waals surface area contributed by atoms with Crippen molar-refractivity contribution < 1.29 is 23.4 Å². The van der Waals surface area contributed by atoms with Crippen molar-refractivity contribution in [1.29, 1.82) is 0 Å². The van der Waals surface area contributed by atoms with E-state index in [1.807, 2.05) is 13.8 Å². The predicted octanol–water partition coefficient (Wildman–Crippen LogP) is 5.15. The number of carbonyl (C=O) groups is 1. The van der Waals surface area contributed by atoms with Crippen LogP contribution in [0.15, 0.2) is 35.4 Å². The van der Waals surface area contributed by atoms with E-state index >= 15 is 4.39 Å². The number of amides is 1. The summed E-state index contributed by atoms with van der Waals surface area (Å²) in [5.41, 5.74) is -0.687. The van der Waals surface area contributed by atoms with Crippen molar-refractivity contribution in [2.75, 3.05) is 0 Å². The third kappa shape index (κ3) is 5.28. The van der Waals surface area contributed by atoms with E-state index in [1.165, 1.54) is 30.5 Å². The Hall–Kier alpha value is -3.57. The van der Waals surface area contributed by atoms with Gasteiger partial charge in [0, 0.05) is 40.7 Å². The van der Waals surface area contributed by atoms with Crippen molar-refractivity contribution in [3.8, 4) is 22.1 Å². The van der Waals surface area contributed by atoms with Gasteiger partial charge in [0.05, 0.1) is 16.7 Å². The molecule has 11 heteroatoms. The Labute approximate surface area is 215 Å². The lowest BCUT2D eigenvalue weighted by Crippen LogP contribution is -2.30. The van der Waals surface area contributed by atoms with Gasteiger partial charge in [-0.25, -0.2) is 13.8 Å². The van der Waals surface area contributed by atoms with Gasteiger partial charge in [-0.1, -0.05) is 0 Å². The number of ether oxygens (including phenoxy) is 1. The van der Waals surface area contributed by atoms with E-state index in [4.69, 9.17) is 4.74 Å². The van der Waals surface area contributed by atoms with Crippen LogP contribution in [0.2, 0.25) is 0 Å². The molecule has 0 saturated heterocycles. The number of nitrogens with one attached hydrogen (secondary N) is 2. The summed E-state index contributed by atoms with van der Waals surface area (Å²) >= 11 is 1.04. The molecular weight excluding hydrogens is 502 g/mol. The van der Waals surface area contributed by atoms with Gasteiger partial charge in [-0.15, -0.1) is 11.3 Å². The summed E-state index contributed by atoms with van der Waals surface area (Å²) in [5, 5.41) is 13.5. The normalized spacial score (nSPS) is 12.8. The molecule has 4 heterocycles. The largest absolute Gasteiger partial charge is 0.437 e. The van der Waals surface area contributed by atoms with Crippen molar-refractivity contribution in [2.45, 2.75) is 52.4 Å². The minimum absolute atomic E-state index is 0.115. The lowest BCUT2D eigenvalue weighted by Gasteiger charge is -2.20. The first kappa shape index (κ1) is 26.5. The molecule has 0 aromatic carbocycles. The highest BCUT2D eigenvalue weighted by molar-refractivity contribution is 7.16. The van der Waals surface area contributed by atoms with Gasteiger partial charge in [0.1, 0.15) is 22.8 Å². The maximum absolute atomic E-state index is 15.2. The molecule has 1 unspecified atom stereocenters. The zero-order valence-corrected chi connectivity index (χ0v) is 22.1. The molecule has 0 saturated carbocycles. The number of aromatic nitrogens is 3. The minimum Gasteiger partial charge on any atom is -0.437 e. The fraction of sp³-hybridized carbons (Fsp3) is 0.346. The molecule has 3 N–H and O–H groups in total. The Morgan fingerprint density at radius 1 is 1.30 bits per heavy atom. The van der Waals surface area contributed by atoms with Crippen molar-refractivity contribution in [1.82, 2.24) is 19.9 Å². The van der Waals surface area contributed by atoms with E-state index in [2.05, 4.69) is 15.3 Å². The minimum atomic E-state index is -1.74. The van der Waals surface area contributed by atoms with Gasteiger partial charge in [-0.2, -0.15) is 0 Å². The summed E-state index contributed by atoms with van der Waals surface area (Å²) in [6.45, 7) is 7.99. The molecule has 0 aliphatic heterocycles. The average Bonchev–Trinajstić information content (AvgIpc) is 3.42. The lowest BCUT2D eigenvalue weighted by atomic mass is 10.0. The van der Waals surface area contributed by atoms with E-state index in [9.17, 15) is 19.1 Å². The number of pyridine rings is 2. The van der Waals surface area contributed by atoms with Crippen molar-refractivity contribution in [3.05, 3.63) is 62.9 Å². The summed E-state index contributed by atoms with van der Waals surface area (Å²) < 4.78 is 36.2. The number of aryl methyl sites for hydroxylation is 2. The van der Waals surface area contributed by atoms with E-state index in [-0.39, 0.29) is 45.2 Å². The van der Waals surface area contributed by atoms with Crippen LogP contribution in [-0.4, -0.2) is 37.2 Å². The summed E-state index contributed by atoms with van der Waals surface area (Å²) in [7, 11) is 1.56. The molecule has 8 nitrogen and oxygen atoms in total. The summed E-state index contributed by atoms with van der Waals surface area (Å²) in [6, 6.07) is 4.18. The first-order valence-electron chi connectivity index (χ1n) is 11.6. The molecule has 4 aromatic rings. The quantitative estimate of drug-likeness (QED) is 0.306. The maximum atomic E-state index is 15.2. The molecular formula is C26H28F2N4O4S. The van der Waals surface area contributed by atoms with E-state index in [0.717, 1.165) is 17.5 Å². The van der Waals surface area contributed by atoms with E-state index < -0.39 is 17.6 Å². The van der Waals surface area contributed by atoms with Crippen LogP contribution >= 0.6 is 11.3 Å². The number of carbonyl (C=O) groups excluding carboxylic acids is 1. The Morgan fingerprint density at radius 2 is 2.00 bits per heavy atom. The first-order valence-corrected chi connectivity index (χ1v) is 12.4. The van der Waals surface area contributed by atoms with Gasteiger partial charge < -0.3 is 24.7 Å². The van der Waals surface area contributed by atoms with Gasteiger partial charge in [-0.3, -0.25) is 9.59 Å². The summed E-state index contributed by atoms with van der Waals surface area (Å²) in [5.74, 6) is -0.568. The first-order chi connectivity index (χ1) is 17.3. The third-order valence-corrected chi connectivity index (χ3v) is 6.85. The number of rotatable bonds is 7. The molecule has 0 aliphatic carbocycles. The highest BCUT2D eigenvalue weighted by Crippen LogP contribution is 2.47. The number of aliphatic hydroxyl groups is 1. The SMILES string of the molecule is Cc1cc(F)cnc1Oc1cc(C(F)C(C)(C)O)sc1-c1cn(C)c(=O)c2[nH]c(C(=O)NC(C)C)cc12. The van der Waals surface area contributed by atoms with Gasteiger partial charge in [0.15, 0.2) is 6.17 Å². The standard InChI is InChI=1S/C26H28F2N4O4S/c1-12(2)30-23(33)17-8-15-16(11-32(6)25(34)20(15)31-17)21-18(9-19(37-21)22(28)26(4,5)35)36-24-13(3)7-14(27)10-29-24/h7-12,22,31,35H,1-6H3,(H,30,33). The van der Waals surface area contributed by atoms with Crippen LogP contribution in [0.4, 0.5) is 8.78 Å². The average molecular weight is 531 g/mol. The molecule has 0 spiro atoms. The molecule has 196 valence electrons. The second-order valence-electron chi connectivity index (χ2n) is 9.79. The van der Waals surface area contributed by atoms with Gasteiger partial charge >= 0.3 is 0 Å². The second kappa shape index (κ2) is 9.71. The summed E-state index contributed by atoms with van der Waals surface area (Å²) in [6.07, 6.45) is 0.853. The number of nitrogens with zero attached hydrogens (tertiary/aromatic N) is 2. The van der Waals surface area contributed by atoms with Crippen LogP contribution in [0.25, 0.3) is 21.3 Å². The van der Waals surface area contributed by atoms with Crippen LogP contribution < -0.4 is 15.6 Å². The number of hydrogen-bond acceptors (Lipinski definition) is 6. The Kier molecular flexibility index (Phi) is 6.95. The molecule has 1 atom stereocenters. The molecule has 0 aliphatic rings. The van der Waals surface area contributed by atoms with E-state index in [1.54, 1.807) is 26.2 Å². The van der Waals surface area contributed by atoms with Crippen molar-refractivity contribution in [3.63, 3.8) is 0 Å². The zero-order valence-electron chi connectivity index (χ0n) is 21.3. The van der Waals surface area contributed by atoms with Crippen LogP contribution in [0.3, 0.4) is 0 Å². The smallest absolute Gasteiger partial charge is 0.274 e. The summed E-state index contributed by atoms with van der Waals surface area (Å²) in [4.78, 5) is 33.1. The van der Waals surface area contributed by atoms with Crippen LogP contribution in [-0.2, 0) is 7.05 Å². The highest BCUT2D eigenvalue weighted by Gasteiger charge is 2.32. The molecule has 0 bridgehead atoms. The van der Waals surface area contributed by atoms with Crippen molar-refractivity contribution in [2.24, 2.45) is 7.05 Å². The number of aromatic amines is 1. The number of alkyl halides is 1. The van der Waals surface area contributed by atoms with E-state index in [0.29, 0.717) is 21.4 Å². The molecule has 37 heavy (non-hydrogen) atoms. The van der Waals surface area contributed by atoms with Crippen LogP contribution in [0, 0.1) is 12.7 Å². The topological polar surface area (TPSA) is 109 Å². The second-order valence-corrected chi connectivity index (χ2v) is 10.9. The maximum Gasteiger partial charge on any atom is 0.274 e. The fourth-order valence-electron chi connectivity index (χ4n) is 3.84. The molecule has 0 fully saturated rings. The predicted molar refractivity (Wildman–Crippen MR) is 139 cm³/mol. The zero-order chi connectivity index (χ0) is 27.2. The Balaban J connectivity index is 1.94. The van der Waals surface area contributed by atoms with Crippen LogP contribution in [0.1, 0.15) is 54.8 Å². The van der Waals surface area contributed by atoms with Gasteiger partial charge in [-0.05, 0) is 52.8 Å². The molecule has 4 aromatic heterocycles. The molecule has 1 amide bonds. The molecule has 0 radical (unpaired) electrons. The van der Waals surface area contributed by atoms with Crippen LogP contribution in [0.5, 0.6) is 11.6 Å². The highest BCUT2D eigenvalue weighted by atomic mass is 32.1. The lowest BCUT2D eigenvalue weighted by molar-refractivity contribution is -0.00260. The number of halogens is 2.